The third kappa shape index (κ3) is 4.20. The van der Waals surface area contributed by atoms with Gasteiger partial charge in [-0.3, -0.25) is 9.78 Å². The van der Waals surface area contributed by atoms with Gasteiger partial charge in [0.05, 0.1) is 13.0 Å². The zero-order valence-electron chi connectivity index (χ0n) is 12.5. The van der Waals surface area contributed by atoms with Gasteiger partial charge >= 0.3 is 5.97 Å². The number of ether oxygens (including phenoxy) is 1. The number of rotatable bonds is 8. The third-order valence-corrected chi connectivity index (χ3v) is 3.55. The van der Waals surface area contributed by atoms with Gasteiger partial charge in [-0.15, -0.1) is 0 Å². The monoisotopic (exact) mass is 280 g/mol. The van der Waals surface area contributed by atoms with Gasteiger partial charge in [0.15, 0.2) is 0 Å². The van der Waals surface area contributed by atoms with Gasteiger partial charge in [-0.2, -0.15) is 0 Å². The molecule has 0 aliphatic heterocycles. The van der Waals surface area contributed by atoms with Crippen LogP contribution in [-0.4, -0.2) is 29.7 Å². The van der Waals surface area contributed by atoms with Crippen molar-refractivity contribution in [2.24, 2.45) is 11.7 Å². The highest BCUT2D eigenvalue weighted by Gasteiger charge is 2.20. The number of carboxylic acids is 1. The fraction of sp³-hybridized carbons (Fsp3) is 0.600. The number of aryl methyl sites for hydroxylation is 1. The SMILES string of the molecule is COc1c(C)cnc(CC(CCCCN)C(=O)O)c1C. The molecular weight excluding hydrogens is 256 g/mol. The van der Waals surface area contributed by atoms with Gasteiger partial charge in [0.1, 0.15) is 5.75 Å². The van der Waals surface area contributed by atoms with E-state index in [9.17, 15) is 9.90 Å². The van der Waals surface area contributed by atoms with Crippen molar-refractivity contribution in [3.05, 3.63) is 23.0 Å². The Hall–Kier alpha value is -1.62. The van der Waals surface area contributed by atoms with Crippen LogP contribution in [0, 0.1) is 19.8 Å². The van der Waals surface area contributed by atoms with Crippen LogP contribution in [0.3, 0.4) is 0 Å². The predicted molar refractivity (Wildman–Crippen MR) is 78.0 cm³/mol. The maximum absolute atomic E-state index is 11.3. The number of aliphatic carboxylic acids is 1. The summed E-state index contributed by atoms with van der Waals surface area (Å²) in [5, 5.41) is 9.32. The summed E-state index contributed by atoms with van der Waals surface area (Å²) >= 11 is 0. The Morgan fingerprint density at radius 2 is 2.15 bits per heavy atom. The fourth-order valence-corrected chi connectivity index (χ4v) is 2.36. The molecule has 1 aromatic heterocycles. The Balaban J connectivity index is 2.86. The number of hydrogen-bond donors (Lipinski definition) is 2. The van der Waals surface area contributed by atoms with Crippen molar-refractivity contribution in [2.45, 2.75) is 39.5 Å². The lowest BCUT2D eigenvalue weighted by atomic mass is 9.94. The van der Waals surface area contributed by atoms with Crippen LogP contribution in [0.2, 0.25) is 0 Å². The van der Waals surface area contributed by atoms with Gasteiger partial charge in [-0.25, -0.2) is 0 Å². The number of hydrogen-bond acceptors (Lipinski definition) is 4. The van der Waals surface area contributed by atoms with Crippen LogP contribution in [0.1, 0.15) is 36.1 Å². The van der Waals surface area contributed by atoms with E-state index in [1.54, 1.807) is 13.3 Å². The van der Waals surface area contributed by atoms with Crippen LogP contribution in [0.25, 0.3) is 0 Å². The lowest BCUT2D eigenvalue weighted by Crippen LogP contribution is -2.18. The van der Waals surface area contributed by atoms with E-state index in [0.29, 0.717) is 19.4 Å². The molecule has 0 aliphatic carbocycles. The summed E-state index contributed by atoms with van der Waals surface area (Å²) in [7, 11) is 1.62. The van der Waals surface area contributed by atoms with Crippen LogP contribution < -0.4 is 10.5 Å². The Labute approximate surface area is 120 Å². The molecule has 1 atom stereocenters. The average molecular weight is 280 g/mol. The van der Waals surface area contributed by atoms with Crippen LogP contribution in [-0.2, 0) is 11.2 Å². The molecule has 0 aromatic carbocycles. The number of unbranched alkanes of at least 4 members (excludes halogenated alkanes) is 1. The molecule has 0 amide bonds. The molecule has 0 aliphatic rings. The van der Waals surface area contributed by atoms with E-state index in [0.717, 1.165) is 35.4 Å². The third-order valence-electron chi connectivity index (χ3n) is 3.55. The molecule has 1 rings (SSSR count). The van der Waals surface area contributed by atoms with Crippen molar-refractivity contribution in [3.63, 3.8) is 0 Å². The summed E-state index contributed by atoms with van der Waals surface area (Å²) in [5.41, 5.74) is 8.13. The molecule has 1 unspecified atom stereocenters. The van der Waals surface area contributed by atoms with Gasteiger partial charge in [-0.05, 0) is 33.2 Å². The van der Waals surface area contributed by atoms with Crippen molar-refractivity contribution in [3.8, 4) is 5.75 Å². The van der Waals surface area contributed by atoms with Crippen molar-refractivity contribution in [1.29, 1.82) is 0 Å². The van der Waals surface area contributed by atoms with Crippen molar-refractivity contribution in [1.82, 2.24) is 4.98 Å². The van der Waals surface area contributed by atoms with E-state index in [4.69, 9.17) is 10.5 Å². The molecule has 0 saturated heterocycles. The smallest absolute Gasteiger partial charge is 0.306 e. The normalized spacial score (nSPS) is 12.2. The van der Waals surface area contributed by atoms with Gasteiger partial charge in [0.2, 0.25) is 0 Å². The van der Waals surface area contributed by atoms with E-state index >= 15 is 0 Å². The summed E-state index contributed by atoms with van der Waals surface area (Å²) < 4.78 is 5.35. The standard InChI is InChI=1S/C15H24N2O3/c1-10-9-17-13(11(2)14(10)20-3)8-12(15(18)19)6-4-5-7-16/h9,12H,4-8,16H2,1-3H3,(H,18,19). The van der Waals surface area contributed by atoms with Crippen molar-refractivity contribution < 1.29 is 14.6 Å². The highest BCUT2D eigenvalue weighted by Crippen LogP contribution is 2.26. The second kappa shape index (κ2) is 7.85. The second-order valence-corrected chi connectivity index (χ2v) is 5.07. The molecule has 20 heavy (non-hydrogen) atoms. The predicted octanol–water partition coefficient (Wildman–Crippen LogP) is 2.08. The summed E-state index contributed by atoms with van der Waals surface area (Å²) in [4.78, 5) is 15.7. The van der Waals surface area contributed by atoms with Crippen LogP contribution in [0.5, 0.6) is 5.75 Å². The van der Waals surface area contributed by atoms with Crippen LogP contribution in [0.15, 0.2) is 6.20 Å². The van der Waals surface area contributed by atoms with E-state index in [-0.39, 0.29) is 0 Å². The minimum atomic E-state index is -0.775. The van der Waals surface area contributed by atoms with Gasteiger partial charge in [0.25, 0.3) is 0 Å². The zero-order chi connectivity index (χ0) is 15.1. The summed E-state index contributed by atoms with van der Waals surface area (Å²) in [5.74, 6) is -0.399. The quantitative estimate of drug-likeness (QED) is 0.712. The second-order valence-electron chi connectivity index (χ2n) is 5.07. The highest BCUT2D eigenvalue weighted by atomic mass is 16.5. The topological polar surface area (TPSA) is 85.4 Å². The lowest BCUT2D eigenvalue weighted by molar-refractivity contribution is -0.142. The van der Waals surface area contributed by atoms with Crippen molar-refractivity contribution >= 4 is 5.97 Å². The Morgan fingerprint density at radius 1 is 1.45 bits per heavy atom. The molecule has 5 heteroatoms. The molecule has 0 bridgehead atoms. The Kier molecular flexibility index (Phi) is 6.45. The summed E-state index contributed by atoms with van der Waals surface area (Å²) in [6.07, 6.45) is 4.48. The molecule has 0 spiro atoms. The number of aromatic nitrogens is 1. The first-order chi connectivity index (χ1) is 9.51. The minimum absolute atomic E-state index is 0.417. The first-order valence-electron chi connectivity index (χ1n) is 6.93. The number of carbonyl (C=O) groups is 1. The lowest BCUT2D eigenvalue weighted by Gasteiger charge is -2.16. The first-order valence-corrected chi connectivity index (χ1v) is 6.93. The molecule has 0 radical (unpaired) electrons. The highest BCUT2D eigenvalue weighted by molar-refractivity contribution is 5.70. The maximum atomic E-state index is 11.3. The number of nitrogens with two attached hydrogens (primary N) is 1. The molecular formula is C15H24N2O3. The average Bonchev–Trinajstić information content (AvgIpc) is 2.40. The van der Waals surface area contributed by atoms with E-state index in [2.05, 4.69) is 4.98 Å². The van der Waals surface area contributed by atoms with E-state index in [1.807, 2.05) is 13.8 Å². The molecule has 0 fully saturated rings. The van der Waals surface area contributed by atoms with Crippen LogP contribution >= 0.6 is 0 Å². The molecule has 1 heterocycles. The first kappa shape index (κ1) is 16.4. The number of nitrogens with zero attached hydrogens (tertiary/aromatic N) is 1. The summed E-state index contributed by atoms with van der Waals surface area (Å²) in [6.45, 7) is 4.45. The molecule has 3 N–H and O–H groups in total. The maximum Gasteiger partial charge on any atom is 0.306 e. The van der Waals surface area contributed by atoms with Gasteiger partial charge in [-0.1, -0.05) is 6.42 Å². The fourth-order valence-electron chi connectivity index (χ4n) is 2.36. The largest absolute Gasteiger partial charge is 0.496 e. The van der Waals surface area contributed by atoms with Gasteiger partial charge in [0, 0.05) is 29.4 Å². The molecule has 112 valence electrons. The van der Waals surface area contributed by atoms with Crippen LogP contribution in [0.4, 0.5) is 0 Å². The van der Waals surface area contributed by atoms with Gasteiger partial charge < -0.3 is 15.6 Å². The van der Waals surface area contributed by atoms with Crippen molar-refractivity contribution in [2.75, 3.05) is 13.7 Å². The zero-order valence-corrected chi connectivity index (χ0v) is 12.5. The Bertz CT molecular complexity index is 461. The van der Waals surface area contributed by atoms with E-state index < -0.39 is 11.9 Å². The van der Waals surface area contributed by atoms with E-state index in [1.165, 1.54) is 0 Å². The molecule has 1 aromatic rings. The minimum Gasteiger partial charge on any atom is -0.496 e. The molecule has 0 saturated carbocycles. The Morgan fingerprint density at radius 3 is 2.70 bits per heavy atom. The summed E-state index contributed by atoms with van der Waals surface area (Å²) in [6, 6.07) is 0. The number of methoxy groups -OCH3 is 1. The number of pyridine rings is 1. The number of carboxylic acid groups (broad SMARTS) is 1. The molecule has 5 nitrogen and oxygen atoms in total.